The highest BCUT2D eigenvalue weighted by atomic mass is 16.3. The molecule has 0 spiro atoms. The highest BCUT2D eigenvalue weighted by Crippen LogP contribution is 2.32. The van der Waals surface area contributed by atoms with Crippen molar-refractivity contribution in [2.24, 2.45) is 0 Å². The van der Waals surface area contributed by atoms with Crippen molar-refractivity contribution >= 4 is 34.7 Å². The van der Waals surface area contributed by atoms with Crippen LogP contribution < -0.4 is 5.73 Å². The Balaban J connectivity index is 1.20. The molecule has 6 rings (SSSR count). The number of aldehydes is 1. The minimum atomic E-state index is -0.841. The third-order valence-corrected chi connectivity index (χ3v) is 9.33. The summed E-state index contributed by atoms with van der Waals surface area (Å²) in [7, 11) is 1.83. The number of aliphatic hydroxyl groups is 1. The SMILES string of the molecule is C/C=C\C(=C/CC)c1ccc2nc(-c3cccnc3N)n(-c3ccc(CN4CCC(N(C)C(=O)C5=CCC(O)C(C=O)=C5)CC4)cc3)c2n1. The number of nitrogens with zero attached hydrogens (tertiary/aromatic N) is 6. The first-order chi connectivity index (χ1) is 23.8. The molecule has 1 saturated heterocycles. The maximum Gasteiger partial charge on any atom is 0.253 e. The fraction of sp³-hybridized carbons (Fsp3) is 0.308. The van der Waals surface area contributed by atoms with Gasteiger partial charge in [0.05, 0.1) is 17.4 Å². The first-order valence-electron chi connectivity index (χ1n) is 16.9. The van der Waals surface area contributed by atoms with Gasteiger partial charge in [0.25, 0.3) is 5.91 Å². The van der Waals surface area contributed by atoms with Gasteiger partial charge in [-0.25, -0.2) is 15.0 Å². The number of hydrogen-bond acceptors (Lipinski definition) is 8. The average molecular weight is 658 g/mol. The average Bonchev–Trinajstić information content (AvgIpc) is 3.50. The molecule has 1 atom stereocenters. The number of aliphatic hydroxyl groups excluding tert-OH is 1. The van der Waals surface area contributed by atoms with Crippen molar-refractivity contribution in [2.75, 3.05) is 25.9 Å². The van der Waals surface area contributed by atoms with Crippen molar-refractivity contribution in [3.05, 3.63) is 108 Å². The summed E-state index contributed by atoms with van der Waals surface area (Å²) in [6.45, 7) is 6.64. The number of likely N-dealkylation sites (tertiary alicyclic amines) is 1. The molecular formula is C39H43N7O3. The second-order valence-corrected chi connectivity index (χ2v) is 12.6. The van der Waals surface area contributed by atoms with E-state index in [9.17, 15) is 14.7 Å². The van der Waals surface area contributed by atoms with Gasteiger partial charge in [0, 0.05) is 55.8 Å². The van der Waals surface area contributed by atoms with Crippen molar-refractivity contribution in [1.82, 2.24) is 29.3 Å². The maximum absolute atomic E-state index is 13.2. The molecule has 4 aromatic rings. The molecule has 1 aromatic carbocycles. The molecule has 49 heavy (non-hydrogen) atoms. The van der Waals surface area contributed by atoms with Crippen LogP contribution >= 0.6 is 0 Å². The normalized spacial score (nSPS) is 17.7. The predicted octanol–water partition coefficient (Wildman–Crippen LogP) is 5.67. The second kappa shape index (κ2) is 14.9. The highest BCUT2D eigenvalue weighted by molar-refractivity contribution is 5.98. The van der Waals surface area contributed by atoms with Gasteiger partial charge >= 0.3 is 0 Å². The number of anilines is 1. The van der Waals surface area contributed by atoms with E-state index in [0.717, 1.165) is 72.6 Å². The van der Waals surface area contributed by atoms with E-state index in [1.54, 1.807) is 17.2 Å². The molecule has 4 heterocycles. The summed E-state index contributed by atoms with van der Waals surface area (Å²) in [4.78, 5) is 43.1. The van der Waals surface area contributed by atoms with Crippen molar-refractivity contribution in [3.8, 4) is 17.1 Å². The first-order valence-corrected chi connectivity index (χ1v) is 16.9. The molecule has 0 radical (unpaired) electrons. The smallest absolute Gasteiger partial charge is 0.253 e. The van der Waals surface area contributed by atoms with E-state index in [1.165, 1.54) is 11.6 Å². The minimum absolute atomic E-state index is 0.109. The van der Waals surface area contributed by atoms with Crippen molar-refractivity contribution in [1.29, 1.82) is 0 Å². The van der Waals surface area contributed by atoms with E-state index >= 15 is 0 Å². The number of carbonyl (C=O) groups is 2. The Kier molecular flexibility index (Phi) is 10.3. The fourth-order valence-corrected chi connectivity index (χ4v) is 6.62. The lowest BCUT2D eigenvalue weighted by Gasteiger charge is -2.37. The Morgan fingerprint density at radius 2 is 1.88 bits per heavy atom. The van der Waals surface area contributed by atoms with Crippen LogP contribution in [-0.4, -0.2) is 78.9 Å². The molecule has 252 valence electrons. The topological polar surface area (TPSA) is 130 Å². The van der Waals surface area contributed by atoms with Crippen LogP contribution in [-0.2, 0) is 16.1 Å². The van der Waals surface area contributed by atoms with Crippen LogP contribution in [0.2, 0.25) is 0 Å². The third kappa shape index (κ3) is 7.16. The summed E-state index contributed by atoms with van der Waals surface area (Å²) in [6, 6.07) is 16.4. The van der Waals surface area contributed by atoms with Gasteiger partial charge in [-0.3, -0.25) is 19.1 Å². The largest absolute Gasteiger partial charge is 0.388 e. The molecule has 0 saturated carbocycles. The minimum Gasteiger partial charge on any atom is -0.388 e. The summed E-state index contributed by atoms with van der Waals surface area (Å²) in [5.74, 6) is 0.980. The number of benzene rings is 1. The van der Waals surface area contributed by atoms with Crippen LogP contribution in [0.4, 0.5) is 5.82 Å². The molecule has 10 heteroatoms. The lowest BCUT2D eigenvalue weighted by Crippen LogP contribution is -2.45. The Morgan fingerprint density at radius 3 is 2.57 bits per heavy atom. The number of imidazole rings is 1. The standard InChI is InChI=1S/C39H43N7O3/c1-4-7-27(8-5-2)33-15-16-34-38(42-33)46(37(43-34)32-9-6-20-41-36(32)40)31-13-10-26(11-14-31)24-45-21-18-30(19-22-45)44(3)39(49)28-12-17-35(48)29(23-28)25-47/h4,6-16,20,23,25,30,35,48H,5,17-19,21-22,24H2,1-3H3,(H2,40,41)/b7-4-,27-8+. The third-order valence-electron chi connectivity index (χ3n) is 9.33. The van der Waals surface area contributed by atoms with Gasteiger partial charge in [-0.1, -0.05) is 43.4 Å². The molecule has 2 aliphatic rings. The van der Waals surface area contributed by atoms with Gasteiger partial charge in [-0.15, -0.1) is 0 Å². The molecule has 1 aliphatic carbocycles. The summed E-state index contributed by atoms with van der Waals surface area (Å²) >= 11 is 0. The van der Waals surface area contributed by atoms with E-state index in [0.29, 0.717) is 23.5 Å². The van der Waals surface area contributed by atoms with Crippen LogP contribution in [0.15, 0.2) is 96.3 Å². The van der Waals surface area contributed by atoms with Crippen LogP contribution in [0, 0.1) is 0 Å². The zero-order valence-electron chi connectivity index (χ0n) is 28.3. The van der Waals surface area contributed by atoms with E-state index < -0.39 is 6.10 Å². The molecule has 10 nitrogen and oxygen atoms in total. The number of fused-ring (bicyclic) bond motifs is 1. The summed E-state index contributed by atoms with van der Waals surface area (Å²) in [5, 5.41) is 9.95. The van der Waals surface area contributed by atoms with Gasteiger partial charge < -0.3 is 15.7 Å². The predicted molar refractivity (Wildman–Crippen MR) is 194 cm³/mol. The van der Waals surface area contributed by atoms with E-state index in [1.807, 2.05) is 44.3 Å². The molecule has 3 N–H and O–H groups in total. The second-order valence-electron chi connectivity index (χ2n) is 12.6. The summed E-state index contributed by atoms with van der Waals surface area (Å²) in [5.41, 5.74) is 13.4. The number of nitrogens with two attached hydrogens (primary N) is 1. The lowest BCUT2D eigenvalue weighted by molar-refractivity contribution is -0.128. The Morgan fingerprint density at radius 1 is 1.10 bits per heavy atom. The molecule has 1 unspecified atom stereocenters. The van der Waals surface area contributed by atoms with Gasteiger partial charge in [-0.05, 0) is 86.2 Å². The van der Waals surface area contributed by atoms with Crippen molar-refractivity contribution < 1.29 is 14.7 Å². The number of aromatic nitrogens is 4. The number of hydrogen-bond donors (Lipinski definition) is 2. The number of carbonyl (C=O) groups excluding carboxylic acids is 2. The Hall–Kier alpha value is -5.19. The number of rotatable bonds is 10. The first kappa shape index (κ1) is 33.7. The molecule has 1 aliphatic heterocycles. The van der Waals surface area contributed by atoms with Gasteiger partial charge in [0.15, 0.2) is 11.5 Å². The van der Waals surface area contributed by atoms with E-state index in [4.69, 9.17) is 15.7 Å². The Bertz CT molecular complexity index is 1960. The molecule has 3 aromatic heterocycles. The van der Waals surface area contributed by atoms with Crippen LogP contribution in [0.25, 0.3) is 33.8 Å². The van der Waals surface area contributed by atoms with Crippen LogP contribution in [0.3, 0.4) is 0 Å². The number of likely N-dealkylation sites (N-methyl/N-ethyl adjacent to an activating group) is 1. The van der Waals surface area contributed by atoms with Gasteiger partial charge in [0.2, 0.25) is 0 Å². The van der Waals surface area contributed by atoms with Crippen LogP contribution in [0.1, 0.15) is 50.8 Å². The molecule has 1 fully saturated rings. The van der Waals surface area contributed by atoms with Crippen molar-refractivity contribution in [2.45, 2.75) is 58.2 Å². The zero-order valence-corrected chi connectivity index (χ0v) is 28.3. The summed E-state index contributed by atoms with van der Waals surface area (Å²) in [6.07, 6.45) is 13.9. The summed E-state index contributed by atoms with van der Waals surface area (Å²) < 4.78 is 2.06. The number of allylic oxidation sites excluding steroid dienone is 4. The quantitative estimate of drug-likeness (QED) is 0.165. The zero-order chi connectivity index (χ0) is 34.5. The Labute approximate surface area is 287 Å². The highest BCUT2D eigenvalue weighted by Gasteiger charge is 2.28. The molecular weight excluding hydrogens is 614 g/mol. The number of pyridine rings is 2. The lowest BCUT2D eigenvalue weighted by atomic mass is 9.95. The van der Waals surface area contributed by atoms with Gasteiger partial charge in [-0.2, -0.15) is 0 Å². The maximum atomic E-state index is 13.2. The van der Waals surface area contributed by atoms with Gasteiger partial charge in [0.1, 0.15) is 17.6 Å². The van der Waals surface area contributed by atoms with E-state index in [2.05, 4.69) is 57.8 Å². The van der Waals surface area contributed by atoms with Crippen molar-refractivity contribution in [3.63, 3.8) is 0 Å². The number of nitrogen functional groups attached to an aromatic ring is 1. The monoisotopic (exact) mass is 657 g/mol. The fourth-order valence-electron chi connectivity index (χ4n) is 6.62. The number of piperidine rings is 1. The molecule has 1 amide bonds. The van der Waals surface area contributed by atoms with E-state index in [-0.39, 0.29) is 23.9 Å². The number of amides is 1. The van der Waals surface area contributed by atoms with Crippen LogP contribution in [0.5, 0.6) is 0 Å². The molecule has 0 bridgehead atoms.